The molecule has 0 saturated heterocycles. The zero-order valence-corrected chi connectivity index (χ0v) is 16.3. The van der Waals surface area contributed by atoms with Crippen molar-refractivity contribution in [1.29, 1.82) is 0 Å². The highest BCUT2D eigenvalue weighted by Gasteiger charge is 2.57. The van der Waals surface area contributed by atoms with Crippen LogP contribution in [0.4, 0.5) is 4.39 Å². The van der Waals surface area contributed by atoms with Crippen molar-refractivity contribution in [2.45, 2.75) is 37.7 Å². The molecule has 5 nitrogen and oxygen atoms in total. The van der Waals surface area contributed by atoms with Gasteiger partial charge in [-0.2, -0.15) is 0 Å². The first-order chi connectivity index (χ1) is 13.7. The van der Waals surface area contributed by atoms with Gasteiger partial charge >= 0.3 is 5.97 Å². The molecule has 150 valence electrons. The van der Waals surface area contributed by atoms with Crippen LogP contribution in [0.3, 0.4) is 0 Å². The third-order valence-corrected chi connectivity index (χ3v) is 6.36. The highest BCUT2D eigenvalue weighted by Crippen LogP contribution is 2.58. The maximum absolute atomic E-state index is 13.6. The summed E-state index contributed by atoms with van der Waals surface area (Å²) in [6, 6.07) is 11.6. The minimum Gasteiger partial charge on any atom is -0.507 e. The Balaban J connectivity index is 1.85. The van der Waals surface area contributed by atoms with E-state index in [0.717, 1.165) is 22.5 Å². The largest absolute Gasteiger partial charge is 0.507 e. The molecule has 2 aliphatic rings. The first-order valence-electron chi connectivity index (χ1n) is 9.74. The van der Waals surface area contributed by atoms with E-state index in [1.165, 1.54) is 12.1 Å². The lowest BCUT2D eigenvalue weighted by atomic mass is 9.63. The number of aromatic hydroxyl groups is 1. The fourth-order valence-electron chi connectivity index (χ4n) is 4.96. The number of phenolic OH excluding ortho intramolecular Hbond substituents is 1. The first-order valence-corrected chi connectivity index (χ1v) is 9.74. The summed E-state index contributed by atoms with van der Waals surface area (Å²) in [7, 11) is 0. The standard InChI is InChI=1S/C23H22FNO4/c1-22(2)12-29-23(10-13(11-23)21(27)28)19-18-16(4-3-5-17(18)26)25(20(19)22)15-8-6-14(24)7-9-15/h3-9,13,26H,10-12H2,1-2H3,(H,27,28)/t13-,23-. The smallest absolute Gasteiger partial charge is 0.306 e. The van der Waals surface area contributed by atoms with Gasteiger partial charge in [0.1, 0.15) is 11.6 Å². The molecule has 5 rings (SSSR count). The van der Waals surface area contributed by atoms with Crippen LogP contribution in [0.25, 0.3) is 16.6 Å². The van der Waals surface area contributed by atoms with Crippen LogP contribution < -0.4 is 0 Å². The molecule has 1 aliphatic heterocycles. The van der Waals surface area contributed by atoms with Gasteiger partial charge in [-0.15, -0.1) is 0 Å². The molecule has 0 bridgehead atoms. The molecule has 2 heterocycles. The summed E-state index contributed by atoms with van der Waals surface area (Å²) in [5.74, 6) is -1.46. The van der Waals surface area contributed by atoms with E-state index in [0.29, 0.717) is 24.8 Å². The Hall–Kier alpha value is -2.86. The number of carboxylic acid groups (broad SMARTS) is 1. The van der Waals surface area contributed by atoms with Crippen LogP contribution in [0, 0.1) is 11.7 Å². The van der Waals surface area contributed by atoms with Crippen molar-refractivity contribution >= 4 is 16.9 Å². The van der Waals surface area contributed by atoms with Crippen molar-refractivity contribution in [3.05, 3.63) is 59.5 Å². The minimum atomic E-state index is -0.822. The van der Waals surface area contributed by atoms with E-state index in [-0.39, 0.29) is 17.0 Å². The lowest BCUT2D eigenvalue weighted by Crippen LogP contribution is -2.52. The molecule has 1 spiro atoms. The predicted molar refractivity (Wildman–Crippen MR) is 106 cm³/mol. The van der Waals surface area contributed by atoms with Gasteiger partial charge in [0, 0.05) is 27.7 Å². The second-order valence-corrected chi connectivity index (χ2v) is 8.82. The maximum atomic E-state index is 13.6. The molecule has 1 saturated carbocycles. The molecule has 1 fully saturated rings. The predicted octanol–water partition coefficient (Wildman–Crippen LogP) is 4.47. The fraction of sp³-hybridized carbons (Fsp3) is 0.348. The van der Waals surface area contributed by atoms with Crippen LogP contribution in [0.15, 0.2) is 42.5 Å². The summed E-state index contributed by atoms with van der Waals surface area (Å²) in [6.07, 6.45) is 0.755. The van der Waals surface area contributed by atoms with Gasteiger partial charge in [-0.05, 0) is 49.2 Å². The number of benzene rings is 2. The molecular weight excluding hydrogens is 373 g/mol. The summed E-state index contributed by atoms with van der Waals surface area (Å²) in [5, 5.41) is 20.9. The van der Waals surface area contributed by atoms with Crippen molar-refractivity contribution < 1.29 is 24.1 Å². The lowest BCUT2D eigenvalue weighted by molar-refractivity contribution is -0.180. The third-order valence-electron chi connectivity index (χ3n) is 6.36. The van der Waals surface area contributed by atoms with Crippen molar-refractivity contribution in [3.63, 3.8) is 0 Å². The SMILES string of the molecule is CC1(C)CO[C@]2(C[C@H](C(=O)O)C2)c2c1n(-c1ccc(F)cc1)c1cccc(O)c12. The summed E-state index contributed by atoms with van der Waals surface area (Å²) >= 11 is 0. The van der Waals surface area contributed by atoms with Gasteiger partial charge in [0.05, 0.1) is 23.6 Å². The molecule has 0 unspecified atom stereocenters. The number of aliphatic carboxylic acids is 1. The summed E-state index contributed by atoms with van der Waals surface area (Å²) in [6.45, 7) is 4.58. The number of nitrogens with zero attached hydrogens (tertiary/aromatic N) is 1. The third kappa shape index (κ3) is 2.45. The Kier molecular flexibility index (Phi) is 3.65. The van der Waals surface area contributed by atoms with E-state index in [1.807, 2.05) is 6.07 Å². The topological polar surface area (TPSA) is 71.7 Å². The van der Waals surface area contributed by atoms with Crippen molar-refractivity contribution in [3.8, 4) is 11.4 Å². The molecule has 1 aromatic heterocycles. The van der Waals surface area contributed by atoms with E-state index in [1.54, 1.807) is 24.3 Å². The molecular formula is C23H22FNO4. The Labute approximate surface area is 167 Å². The number of carbonyl (C=O) groups is 1. The van der Waals surface area contributed by atoms with Crippen LogP contribution >= 0.6 is 0 Å². The second kappa shape index (κ2) is 5.83. The van der Waals surface area contributed by atoms with Crippen LogP contribution in [0.1, 0.15) is 37.9 Å². The van der Waals surface area contributed by atoms with E-state index in [2.05, 4.69) is 18.4 Å². The Morgan fingerprint density at radius 2 is 1.86 bits per heavy atom. The zero-order valence-electron chi connectivity index (χ0n) is 16.3. The summed E-state index contributed by atoms with van der Waals surface area (Å²) in [5.41, 5.74) is 2.34. The van der Waals surface area contributed by atoms with Gasteiger partial charge in [-0.25, -0.2) is 4.39 Å². The zero-order chi connectivity index (χ0) is 20.6. The highest BCUT2D eigenvalue weighted by molar-refractivity contribution is 5.94. The second-order valence-electron chi connectivity index (χ2n) is 8.82. The minimum absolute atomic E-state index is 0.138. The molecule has 1 aliphatic carbocycles. The monoisotopic (exact) mass is 395 g/mol. The Morgan fingerprint density at radius 3 is 2.52 bits per heavy atom. The maximum Gasteiger partial charge on any atom is 0.306 e. The van der Waals surface area contributed by atoms with Gasteiger partial charge in [0.25, 0.3) is 0 Å². The highest BCUT2D eigenvalue weighted by atomic mass is 19.1. The Morgan fingerprint density at radius 1 is 1.17 bits per heavy atom. The van der Waals surface area contributed by atoms with Gasteiger partial charge in [-0.3, -0.25) is 4.79 Å². The average Bonchev–Trinajstić information content (AvgIpc) is 2.99. The van der Waals surface area contributed by atoms with E-state index in [9.17, 15) is 19.4 Å². The average molecular weight is 395 g/mol. The number of aromatic nitrogens is 1. The van der Waals surface area contributed by atoms with Crippen LogP contribution in [-0.4, -0.2) is 27.4 Å². The molecule has 0 radical (unpaired) electrons. The van der Waals surface area contributed by atoms with E-state index >= 15 is 0 Å². The number of halogens is 1. The molecule has 0 atom stereocenters. The summed E-state index contributed by atoms with van der Waals surface area (Å²) < 4.78 is 21.9. The number of hydrogen-bond acceptors (Lipinski definition) is 3. The molecule has 29 heavy (non-hydrogen) atoms. The molecule has 6 heteroatoms. The van der Waals surface area contributed by atoms with Gasteiger partial charge in [-0.1, -0.05) is 19.9 Å². The molecule has 2 aromatic carbocycles. The van der Waals surface area contributed by atoms with Crippen LogP contribution in [-0.2, 0) is 20.5 Å². The van der Waals surface area contributed by atoms with Crippen LogP contribution in [0.5, 0.6) is 5.75 Å². The number of carboxylic acids is 1. The van der Waals surface area contributed by atoms with Crippen molar-refractivity contribution in [2.75, 3.05) is 6.61 Å². The quantitative estimate of drug-likeness (QED) is 0.671. The number of phenols is 1. The first kappa shape index (κ1) is 18.2. The number of fused-ring (bicyclic) bond motifs is 4. The van der Waals surface area contributed by atoms with Gasteiger partial charge in [0.2, 0.25) is 0 Å². The molecule has 3 aromatic rings. The molecule has 0 amide bonds. The number of ether oxygens (including phenoxy) is 1. The number of hydrogen-bond donors (Lipinski definition) is 2. The van der Waals surface area contributed by atoms with Crippen molar-refractivity contribution in [1.82, 2.24) is 4.57 Å². The normalized spacial score (nSPS) is 25.0. The van der Waals surface area contributed by atoms with Gasteiger partial charge < -0.3 is 19.5 Å². The van der Waals surface area contributed by atoms with Gasteiger partial charge in [0.15, 0.2) is 0 Å². The lowest BCUT2D eigenvalue weighted by Gasteiger charge is -2.51. The van der Waals surface area contributed by atoms with E-state index < -0.39 is 17.5 Å². The summed E-state index contributed by atoms with van der Waals surface area (Å²) in [4.78, 5) is 11.5. The molecule has 2 N–H and O–H groups in total. The Bertz CT molecular complexity index is 1140. The van der Waals surface area contributed by atoms with Crippen molar-refractivity contribution in [2.24, 2.45) is 5.92 Å². The number of rotatable bonds is 2. The fourth-order valence-corrected chi connectivity index (χ4v) is 4.96. The van der Waals surface area contributed by atoms with E-state index in [4.69, 9.17) is 4.74 Å². The van der Waals surface area contributed by atoms with Crippen LogP contribution in [0.2, 0.25) is 0 Å².